The number of hydrogen-bond acceptors (Lipinski definition) is 3. The van der Waals surface area contributed by atoms with Crippen molar-refractivity contribution in [3.8, 4) is 22.5 Å². The monoisotopic (exact) mass is 305 g/mol. The van der Waals surface area contributed by atoms with E-state index in [0.29, 0.717) is 6.54 Å². The molecule has 0 fully saturated rings. The molecule has 0 radical (unpaired) electrons. The minimum absolute atomic E-state index is 0.572. The van der Waals surface area contributed by atoms with Gasteiger partial charge in [0.25, 0.3) is 0 Å². The zero-order valence-electron chi connectivity index (χ0n) is 11.9. The standard InChI is InChI=1S/C18H15N3S/c19-10-13-6-8-15(9-7-13)17-12-22-18-20-16(11-21(17)18)14-4-2-1-3-5-14/h1-9,11-12H,10,19H2. The minimum Gasteiger partial charge on any atom is -0.326 e. The average molecular weight is 305 g/mol. The van der Waals surface area contributed by atoms with Crippen LogP contribution in [-0.2, 0) is 6.54 Å². The molecule has 0 atom stereocenters. The highest BCUT2D eigenvalue weighted by molar-refractivity contribution is 7.15. The number of aromatic nitrogens is 2. The van der Waals surface area contributed by atoms with Crippen LogP contribution in [0.25, 0.3) is 27.5 Å². The second kappa shape index (κ2) is 5.40. The van der Waals surface area contributed by atoms with Crippen LogP contribution in [0.15, 0.2) is 66.2 Å². The fourth-order valence-corrected chi connectivity index (χ4v) is 3.43. The van der Waals surface area contributed by atoms with Crippen LogP contribution in [0, 0.1) is 0 Å². The Balaban J connectivity index is 1.80. The predicted molar refractivity (Wildman–Crippen MR) is 91.8 cm³/mol. The number of hydrogen-bond donors (Lipinski definition) is 1. The van der Waals surface area contributed by atoms with Crippen LogP contribution >= 0.6 is 11.3 Å². The third-order valence-corrected chi connectivity index (χ3v) is 4.60. The lowest BCUT2D eigenvalue weighted by molar-refractivity contribution is 1.07. The third-order valence-electron chi connectivity index (χ3n) is 3.76. The first-order chi connectivity index (χ1) is 10.8. The van der Waals surface area contributed by atoms with Gasteiger partial charge < -0.3 is 5.73 Å². The third kappa shape index (κ3) is 2.22. The molecule has 0 saturated carbocycles. The van der Waals surface area contributed by atoms with Gasteiger partial charge in [-0.2, -0.15) is 0 Å². The van der Waals surface area contributed by atoms with Gasteiger partial charge in [-0.15, -0.1) is 11.3 Å². The van der Waals surface area contributed by atoms with Gasteiger partial charge in [-0.1, -0.05) is 54.6 Å². The highest BCUT2D eigenvalue weighted by Crippen LogP contribution is 2.29. The summed E-state index contributed by atoms with van der Waals surface area (Å²) in [5.41, 5.74) is 11.3. The summed E-state index contributed by atoms with van der Waals surface area (Å²) >= 11 is 1.66. The number of benzene rings is 2. The Morgan fingerprint density at radius 3 is 2.45 bits per heavy atom. The van der Waals surface area contributed by atoms with Gasteiger partial charge in [-0.05, 0) is 11.1 Å². The van der Waals surface area contributed by atoms with Gasteiger partial charge in [-0.3, -0.25) is 4.40 Å². The van der Waals surface area contributed by atoms with E-state index in [1.807, 2.05) is 18.2 Å². The van der Waals surface area contributed by atoms with Crippen molar-refractivity contribution in [3.63, 3.8) is 0 Å². The van der Waals surface area contributed by atoms with Gasteiger partial charge in [0.2, 0.25) is 0 Å². The molecule has 0 saturated heterocycles. The Morgan fingerprint density at radius 2 is 1.73 bits per heavy atom. The van der Waals surface area contributed by atoms with Crippen LogP contribution in [0.1, 0.15) is 5.56 Å². The van der Waals surface area contributed by atoms with Crippen molar-refractivity contribution in [1.82, 2.24) is 9.38 Å². The first-order valence-corrected chi connectivity index (χ1v) is 8.04. The lowest BCUT2D eigenvalue weighted by Crippen LogP contribution is -1.95. The van der Waals surface area contributed by atoms with Crippen LogP contribution < -0.4 is 5.73 Å². The molecular formula is C18H15N3S. The van der Waals surface area contributed by atoms with Crippen molar-refractivity contribution in [2.24, 2.45) is 5.73 Å². The molecule has 3 nitrogen and oxygen atoms in total. The lowest BCUT2D eigenvalue weighted by Gasteiger charge is -2.01. The molecule has 2 aromatic heterocycles. The van der Waals surface area contributed by atoms with Crippen molar-refractivity contribution in [2.75, 3.05) is 0 Å². The van der Waals surface area contributed by atoms with E-state index in [0.717, 1.165) is 21.8 Å². The molecule has 0 spiro atoms. The van der Waals surface area contributed by atoms with Crippen molar-refractivity contribution in [2.45, 2.75) is 6.54 Å². The van der Waals surface area contributed by atoms with E-state index in [2.05, 4.69) is 52.4 Å². The molecule has 2 heterocycles. The topological polar surface area (TPSA) is 43.3 Å². The number of imidazole rings is 1. The molecule has 22 heavy (non-hydrogen) atoms. The van der Waals surface area contributed by atoms with Crippen molar-refractivity contribution in [3.05, 3.63) is 71.7 Å². The van der Waals surface area contributed by atoms with Gasteiger partial charge in [0.15, 0.2) is 4.96 Å². The van der Waals surface area contributed by atoms with E-state index in [1.165, 1.54) is 11.3 Å². The normalized spacial score (nSPS) is 11.1. The molecule has 0 aliphatic carbocycles. The van der Waals surface area contributed by atoms with Gasteiger partial charge in [-0.25, -0.2) is 4.98 Å². The van der Waals surface area contributed by atoms with E-state index >= 15 is 0 Å². The molecule has 0 unspecified atom stereocenters. The average Bonchev–Trinajstić information content (AvgIpc) is 3.16. The van der Waals surface area contributed by atoms with E-state index in [-0.39, 0.29) is 0 Å². The molecule has 2 aromatic carbocycles. The fraction of sp³-hybridized carbons (Fsp3) is 0.0556. The van der Waals surface area contributed by atoms with E-state index in [1.54, 1.807) is 11.3 Å². The van der Waals surface area contributed by atoms with Crippen molar-refractivity contribution < 1.29 is 0 Å². The van der Waals surface area contributed by atoms with Crippen molar-refractivity contribution >= 4 is 16.3 Å². The number of thiazole rings is 1. The molecule has 0 aliphatic rings. The maximum absolute atomic E-state index is 5.66. The van der Waals surface area contributed by atoms with Crippen LogP contribution in [-0.4, -0.2) is 9.38 Å². The number of fused-ring (bicyclic) bond motifs is 1. The Morgan fingerprint density at radius 1 is 0.955 bits per heavy atom. The summed E-state index contributed by atoms with van der Waals surface area (Å²) in [6, 6.07) is 18.7. The van der Waals surface area contributed by atoms with Crippen LogP contribution in [0.3, 0.4) is 0 Å². The predicted octanol–water partition coefficient (Wildman–Crippen LogP) is 4.19. The van der Waals surface area contributed by atoms with E-state index in [4.69, 9.17) is 10.7 Å². The molecule has 108 valence electrons. The number of nitrogens with zero attached hydrogens (tertiary/aromatic N) is 2. The molecule has 4 rings (SSSR count). The SMILES string of the molecule is NCc1ccc(-c2csc3nc(-c4ccccc4)cn23)cc1. The highest BCUT2D eigenvalue weighted by atomic mass is 32.1. The van der Waals surface area contributed by atoms with Gasteiger partial charge in [0.1, 0.15) is 0 Å². The summed E-state index contributed by atoms with van der Waals surface area (Å²) in [5.74, 6) is 0. The van der Waals surface area contributed by atoms with Gasteiger partial charge >= 0.3 is 0 Å². The van der Waals surface area contributed by atoms with E-state index in [9.17, 15) is 0 Å². The number of nitrogens with two attached hydrogens (primary N) is 1. The summed E-state index contributed by atoms with van der Waals surface area (Å²) in [7, 11) is 0. The molecule has 0 aliphatic heterocycles. The highest BCUT2D eigenvalue weighted by Gasteiger charge is 2.10. The van der Waals surface area contributed by atoms with Crippen LogP contribution in [0.5, 0.6) is 0 Å². The minimum atomic E-state index is 0.572. The zero-order chi connectivity index (χ0) is 14.9. The van der Waals surface area contributed by atoms with E-state index < -0.39 is 0 Å². The summed E-state index contributed by atoms with van der Waals surface area (Å²) in [6.07, 6.45) is 2.10. The van der Waals surface area contributed by atoms with Crippen molar-refractivity contribution in [1.29, 1.82) is 0 Å². The Labute approximate surface area is 132 Å². The van der Waals surface area contributed by atoms with Gasteiger partial charge in [0, 0.05) is 23.7 Å². The first kappa shape index (κ1) is 13.2. The summed E-state index contributed by atoms with van der Waals surface area (Å²) < 4.78 is 2.16. The first-order valence-electron chi connectivity index (χ1n) is 7.16. The largest absolute Gasteiger partial charge is 0.326 e. The maximum Gasteiger partial charge on any atom is 0.194 e. The van der Waals surface area contributed by atoms with Gasteiger partial charge in [0.05, 0.1) is 11.4 Å². The molecule has 0 bridgehead atoms. The lowest BCUT2D eigenvalue weighted by atomic mass is 10.1. The second-order valence-corrected chi connectivity index (χ2v) is 6.00. The number of rotatable bonds is 3. The molecular weight excluding hydrogens is 290 g/mol. The second-order valence-electron chi connectivity index (χ2n) is 5.17. The molecule has 4 heteroatoms. The smallest absolute Gasteiger partial charge is 0.194 e. The Bertz CT molecular complexity index is 905. The molecule has 4 aromatic rings. The summed E-state index contributed by atoms with van der Waals surface area (Å²) in [6.45, 7) is 0.572. The summed E-state index contributed by atoms with van der Waals surface area (Å²) in [5, 5.41) is 2.15. The zero-order valence-corrected chi connectivity index (χ0v) is 12.8. The summed E-state index contributed by atoms with van der Waals surface area (Å²) in [4.78, 5) is 5.74. The fourth-order valence-electron chi connectivity index (χ4n) is 2.55. The molecule has 0 amide bonds. The Kier molecular flexibility index (Phi) is 3.25. The maximum atomic E-state index is 5.66. The van der Waals surface area contributed by atoms with Crippen LogP contribution in [0.2, 0.25) is 0 Å². The molecule has 2 N–H and O–H groups in total. The Hall–Kier alpha value is -2.43. The quantitative estimate of drug-likeness (QED) is 0.617. The van der Waals surface area contributed by atoms with Crippen LogP contribution in [0.4, 0.5) is 0 Å².